The summed E-state index contributed by atoms with van der Waals surface area (Å²) in [5.41, 5.74) is 0.0720. The van der Waals surface area contributed by atoms with Gasteiger partial charge in [0.1, 0.15) is 4.67 Å². The fourth-order valence-electron chi connectivity index (χ4n) is 4.42. The van der Waals surface area contributed by atoms with E-state index in [4.69, 9.17) is 0 Å². The molecule has 1 N–H and O–H groups in total. The standard InChI is InChI=1S/C24H39N3O2S/c1-8-9-10-16-15-27(22(2,3)4)30-20(16)26-21(29)24(7)14-13-18(23(24,5)6)19(28)25-17-11-12-17/h15,17-18H,8-14H2,1-7H3,(H,25,28). The molecule has 2 aliphatic rings. The second kappa shape index (κ2) is 8.25. The van der Waals surface area contributed by atoms with Crippen LogP contribution in [0.1, 0.15) is 92.6 Å². The molecule has 2 aliphatic carbocycles. The molecule has 1 aromatic heterocycles. The van der Waals surface area contributed by atoms with Crippen LogP contribution in [0.5, 0.6) is 0 Å². The van der Waals surface area contributed by atoms with Gasteiger partial charge in [-0.1, -0.05) is 34.1 Å². The molecule has 2 unspecified atom stereocenters. The van der Waals surface area contributed by atoms with Crippen LogP contribution in [0.3, 0.4) is 0 Å². The molecule has 0 spiro atoms. The molecule has 0 aromatic carbocycles. The zero-order valence-electron chi connectivity index (χ0n) is 19.8. The molecule has 30 heavy (non-hydrogen) atoms. The first-order chi connectivity index (χ1) is 13.9. The molecule has 2 fully saturated rings. The van der Waals surface area contributed by atoms with Crippen molar-refractivity contribution >= 4 is 23.3 Å². The van der Waals surface area contributed by atoms with Crippen molar-refractivity contribution in [1.29, 1.82) is 0 Å². The summed E-state index contributed by atoms with van der Waals surface area (Å²) < 4.78 is 3.05. The van der Waals surface area contributed by atoms with Crippen molar-refractivity contribution in [1.82, 2.24) is 9.27 Å². The van der Waals surface area contributed by atoms with Crippen LogP contribution in [0.15, 0.2) is 11.2 Å². The maximum absolute atomic E-state index is 13.5. The van der Waals surface area contributed by atoms with Gasteiger partial charge < -0.3 is 5.32 Å². The van der Waals surface area contributed by atoms with E-state index in [1.54, 1.807) is 11.5 Å². The Kier molecular flexibility index (Phi) is 6.39. The summed E-state index contributed by atoms with van der Waals surface area (Å²) in [6.07, 6.45) is 8.92. The van der Waals surface area contributed by atoms with Gasteiger partial charge in [0.2, 0.25) is 5.91 Å². The summed E-state index contributed by atoms with van der Waals surface area (Å²) in [5.74, 6) is -0.0936. The van der Waals surface area contributed by atoms with Gasteiger partial charge in [0.15, 0.2) is 0 Å². The van der Waals surface area contributed by atoms with Gasteiger partial charge >= 0.3 is 0 Å². The smallest absolute Gasteiger partial charge is 0.253 e. The molecule has 0 bridgehead atoms. The summed E-state index contributed by atoms with van der Waals surface area (Å²) in [4.78, 5) is 31.0. The zero-order chi connectivity index (χ0) is 22.3. The maximum atomic E-state index is 13.5. The number of amides is 2. The molecular weight excluding hydrogens is 394 g/mol. The topological polar surface area (TPSA) is 63.5 Å². The molecule has 1 heterocycles. The maximum Gasteiger partial charge on any atom is 0.253 e. The van der Waals surface area contributed by atoms with Crippen LogP contribution in [0.4, 0.5) is 0 Å². The molecule has 2 amide bonds. The monoisotopic (exact) mass is 433 g/mol. The predicted octanol–water partition coefficient (Wildman–Crippen LogP) is 4.80. The number of aromatic nitrogens is 1. The van der Waals surface area contributed by atoms with E-state index in [0.717, 1.165) is 48.8 Å². The number of rotatable bonds is 6. The Morgan fingerprint density at radius 2 is 1.90 bits per heavy atom. The summed E-state index contributed by atoms with van der Waals surface area (Å²) >= 11 is 1.58. The van der Waals surface area contributed by atoms with Crippen LogP contribution in [-0.4, -0.2) is 21.8 Å². The number of hydrogen-bond donors (Lipinski definition) is 1. The van der Waals surface area contributed by atoms with Crippen LogP contribution in [0.2, 0.25) is 0 Å². The van der Waals surface area contributed by atoms with Gasteiger partial charge in [-0.05, 0) is 76.2 Å². The molecule has 2 atom stereocenters. The molecule has 2 saturated carbocycles. The predicted molar refractivity (Wildman–Crippen MR) is 122 cm³/mol. The minimum absolute atomic E-state index is 0.0367. The molecule has 5 nitrogen and oxygen atoms in total. The van der Waals surface area contributed by atoms with Crippen molar-refractivity contribution in [3.63, 3.8) is 0 Å². The first kappa shape index (κ1) is 23.2. The number of unbranched alkanes of at least 4 members (excludes halogenated alkanes) is 1. The number of nitrogens with one attached hydrogen (secondary N) is 1. The Labute approximate surface area is 185 Å². The molecule has 0 radical (unpaired) electrons. The SMILES string of the molecule is CCCCc1cn(C(C)(C)C)sc1=NC(=O)C1(C)CCC(C(=O)NC2CC2)C1(C)C. The van der Waals surface area contributed by atoms with Crippen molar-refractivity contribution in [2.24, 2.45) is 21.7 Å². The summed E-state index contributed by atoms with van der Waals surface area (Å²) in [5, 5.41) is 3.15. The zero-order valence-corrected chi connectivity index (χ0v) is 20.6. The lowest BCUT2D eigenvalue weighted by atomic mass is 9.65. The second-order valence-electron chi connectivity index (χ2n) is 11.0. The largest absolute Gasteiger partial charge is 0.353 e. The fourth-order valence-corrected chi connectivity index (χ4v) is 5.46. The van der Waals surface area contributed by atoms with Crippen molar-refractivity contribution in [2.45, 2.75) is 105 Å². The number of carbonyl (C=O) groups is 2. The van der Waals surface area contributed by atoms with Crippen molar-refractivity contribution < 1.29 is 9.59 Å². The normalized spacial score (nSPS) is 26.8. The molecule has 1 aromatic rings. The molecule has 3 rings (SSSR count). The summed E-state index contributed by atoms with van der Waals surface area (Å²) in [7, 11) is 0. The Bertz CT molecular complexity index is 870. The number of aryl methyl sites for hydroxylation is 1. The van der Waals surface area contributed by atoms with Gasteiger partial charge in [0, 0.05) is 29.3 Å². The third kappa shape index (κ3) is 4.44. The highest BCUT2D eigenvalue weighted by Crippen LogP contribution is 2.56. The number of carbonyl (C=O) groups excluding carboxylic acids is 2. The van der Waals surface area contributed by atoms with Gasteiger partial charge in [0.05, 0.1) is 5.41 Å². The van der Waals surface area contributed by atoms with Crippen LogP contribution >= 0.6 is 11.5 Å². The highest BCUT2D eigenvalue weighted by molar-refractivity contribution is 7.04. The average molecular weight is 434 g/mol. The second-order valence-corrected chi connectivity index (χ2v) is 12.0. The number of nitrogens with zero attached hydrogens (tertiary/aromatic N) is 2. The minimum atomic E-state index is -0.628. The lowest BCUT2D eigenvalue weighted by Gasteiger charge is -2.38. The van der Waals surface area contributed by atoms with E-state index in [1.807, 2.05) is 6.92 Å². The summed E-state index contributed by atoms with van der Waals surface area (Å²) in [6, 6.07) is 0.348. The Morgan fingerprint density at radius 1 is 1.23 bits per heavy atom. The van der Waals surface area contributed by atoms with Crippen LogP contribution in [0, 0.1) is 16.7 Å². The van der Waals surface area contributed by atoms with E-state index in [2.05, 4.69) is 62.0 Å². The summed E-state index contributed by atoms with van der Waals surface area (Å²) in [6.45, 7) is 14.9. The van der Waals surface area contributed by atoms with E-state index in [-0.39, 0.29) is 23.3 Å². The highest BCUT2D eigenvalue weighted by atomic mass is 32.1. The van der Waals surface area contributed by atoms with Gasteiger partial charge in [-0.2, -0.15) is 0 Å². The van der Waals surface area contributed by atoms with Crippen LogP contribution in [-0.2, 0) is 21.5 Å². The fraction of sp³-hybridized carbons (Fsp3) is 0.792. The van der Waals surface area contributed by atoms with Gasteiger partial charge in [-0.25, -0.2) is 4.99 Å². The van der Waals surface area contributed by atoms with Crippen LogP contribution in [0.25, 0.3) is 0 Å². The highest BCUT2D eigenvalue weighted by Gasteiger charge is 2.58. The van der Waals surface area contributed by atoms with Crippen molar-refractivity contribution in [3.8, 4) is 0 Å². The van der Waals surface area contributed by atoms with Gasteiger partial charge in [-0.3, -0.25) is 13.5 Å². The lowest BCUT2D eigenvalue weighted by molar-refractivity contribution is -0.136. The first-order valence-electron chi connectivity index (χ1n) is 11.5. The van der Waals surface area contributed by atoms with E-state index in [0.29, 0.717) is 12.5 Å². The van der Waals surface area contributed by atoms with Crippen molar-refractivity contribution in [3.05, 3.63) is 16.4 Å². The Morgan fingerprint density at radius 3 is 2.47 bits per heavy atom. The van der Waals surface area contributed by atoms with Crippen LogP contribution < -0.4 is 9.99 Å². The first-order valence-corrected chi connectivity index (χ1v) is 12.3. The van der Waals surface area contributed by atoms with Gasteiger partial charge in [-0.15, -0.1) is 0 Å². The Hall–Kier alpha value is -1.43. The molecule has 168 valence electrons. The molecule has 0 aliphatic heterocycles. The van der Waals surface area contributed by atoms with E-state index < -0.39 is 10.8 Å². The molecule has 0 saturated heterocycles. The lowest BCUT2D eigenvalue weighted by Crippen LogP contribution is -2.45. The van der Waals surface area contributed by atoms with E-state index in [1.165, 1.54) is 0 Å². The van der Waals surface area contributed by atoms with Gasteiger partial charge in [0.25, 0.3) is 5.91 Å². The third-order valence-electron chi connectivity index (χ3n) is 7.34. The molecule has 6 heteroatoms. The Balaban J connectivity index is 1.90. The quantitative estimate of drug-likeness (QED) is 0.701. The average Bonchev–Trinajstić information content (AvgIpc) is 3.29. The minimum Gasteiger partial charge on any atom is -0.353 e. The number of hydrogen-bond acceptors (Lipinski definition) is 3. The molecular formula is C24H39N3O2S. The third-order valence-corrected chi connectivity index (χ3v) is 8.71. The van der Waals surface area contributed by atoms with E-state index in [9.17, 15) is 9.59 Å². The van der Waals surface area contributed by atoms with E-state index >= 15 is 0 Å². The van der Waals surface area contributed by atoms with Crippen molar-refractivity contribution in [2.75, 3.05) is 0 Å².